The van der Waals surface area contributed by atoms with Crippen LogP contribution in [0, 0.1) is 0 Å². The number of hydrogen-bond acceptors (Lipinski definition) is 7. The number of anilines is 2. The van der Waals surface area contributed by atoms with Crippen molar-refractivity contribution in [2.45, 2.75) is 52.5 Å². The molecule has 0 bridgehead atoms. The number of nitrogens with zero attached hydrogens (tertiary/aromatic N) is 5. The van der Waals surface area contributed by atoms with Crippen LogP contribution < -0.4 is 11.1 Å². The van der Waals surface area contributed by atoms with E-state index in [1.165, 1.54) is 11.0 Å². The molecule has 0 saturated carbocycles. The highest BCUT2D eigenvalue weighted by Crippen LogP contribution is 2.31. The number of benzene rings is 1. The zero-order valence-corrected chi connectivity index (χ0v) is 18.8. The summed E-state index contributed by atoms with van der Waals surface area (Å²) in [4.78, 5) is 20.8. The molecule has 0 atom stereocenters. The predicted octanol–water partition coefficient (Wildman–Crippen LogP) is 4.12. The standard InChI is InChI=1S/C23H27N7O2/c1-13(2)30-22-19(21(24)25-12-26-22)20(28-30)15-8-6-14(7-9-15)10-18(31)27-17-11-16(32-29-17)23(3,4)5/h6-9,11-13H,10H2,1-5H3,(H2,24,25,26)(H,27,29,31)/i13D. The van der Waals surface area contributed by atoms with Gasteiger partial charge in [-0.15, -0.1) is 0 Å². The van der Waals surface area contributed by atoms with Crippen LogP contribution in [-0.2, 0) is 16.6 Å². The van der Waals surface area contributed by atoms with Gasteiger partial charge < -0.3 is 15.6 Å². The third-order valence-electron chi connectivity index (χ3n) is 5.03. The van der Waals surface area contributed by atoms with Crippen molar-refractivity contribution in [2.24, 2.45) is 0 Å². The van der Waals surface area contributed by atoms with E-state index in [-0.39, 0.29) is 17.7 Å². The van der Waals surface area contributed by atoms with Crippen molar-refractivity contribution < 1.29 is 10.7 Å². The molecule has 3 heterocycles. The Morgan fingerprint density at radius 3 is 2.59 bits per heavy atom. The lowest BCUT2D eigenvalue weighted by molar-refractivity contribution is -0.115. The molecule has 32 heavy (non-hydrogen) atoms. The number of nitrogens with two attached hydrogens (primary N) is 1. The van der Waals surface area contributed by atoms with Crippen LogP contribution in [0.3, 0.4) is 0 Å². The summed E-state index contributed by atoms with van der Waals surface area (Å²) in [6.45, 7) is 9.48. The fourth-order valence-electron chi connectivity index (χ4n) is 3.33. The number of carbonyl (C=O) groups excluding carboxylic acids is 1. The van der Waals surface area contributed by atoms with Gasteiger partial charge in [0.1, 0.15) is 23.6 Å². The molecule has 0 saturated heterocycles. The molecule has 1 amide bonds. The van der Waals surface area contributed by atoms with E-state index in [1.807, 2.05) is 45.0 Å². The van der Waals surface area contributed by atoms with Gasteiger partial charge in [0.2, 0.25) is 5.91 Å². The van der Waals surface area contributed by atoms with Gasteiger partial charge in [-0.3, -0.25) is 4.79 Å². The van der Waals surface area contributed by atoms with Gasteiger partial charge in [0.05, 0.1) is 13.2 Å². The molecule has 0 aliphatic carbocycles. The number of amides is 1. The molecule has 0 unspecified atom stereocenters. The third-order valence-corrected chi connectivity index (χ3v) is 5.03. The van der Waals surface area contributed by atoms with Crippen molar-refractivity contribution in [3.05, 3.63) is 48.0 Å². The molecular formula is C23H27N7O2. The molecular weight excluding hydrogens is 406 g/mol. The molecule has 4 aromatic rings. The molecule has 9 heteroatoms. The summed E-state index contributed by atoms with van der Waals surface area (Å²) in [6, 6.07) is 8.16. The normalized spacial score (nSPS) is 12.7. The Balaban J connectivity index is 1.55. The number of nitrogen functional groups attached to an aromatic ring is 1. The Labute approximate surface area is 187 Å². The van der Waals surface area contributed by atoms with E-state index in [0.29, 0.717) is 34.1 Å². The molecule has 4 rings (SSSR count). The molecule has 0 radical (unpaired) electrons. The molecule has 0 aliphatic rings. The molecule has 9 nitrogen and oxygen atoms in total. The topological polar surface area (TPSA) is 125 Å². The van der Waals surface area contributed by atoms with Gasteiger partial charge >= 0.3 is 0 Å². The lowest BCUT2D eigenvalue weighted by Gasteiger charge is -2.12. The van der Waals surface area contributed by atoms with Gasteiger partial charge in [-0.25, -0.2) is 14.6 Å². The molecule has 0 fully saturated rings. The highest BCUT2D eigenvalue weighted by atomic mass is 16.5. The molecule has 166 valence electrons. The fraction of sp³-hybridized carbons (Fsp3) is 0.348. The predicted molar refractivity (Wildman–Crippen MR) is 123 cm³/mol. The first-order chi connectivity index (χ1) is 15.4. The number of nitrogens with one attached hydrogen (secondary N) is 1. The Morgan fingerprint density at radius 1 is 1.25 bits per heavy atom. The van der Waals surface area contributed by atoms with Crippen molar-refractivity contribution >= 4 is 28.6 Å². The first kappa shape index (κ1) is 20.2. The van der Waals surface area contributed by atoms with Crippen molar-refractivity contribution in [2.75, 3.05) is 11.1 Å². The second-order valence-electron chi connectivity index (χ2n) is 8.91. The summed E-state index contributed by atoms with van der Waals surface area (Å²) in [6.07, 6.45) is 1.55. The van der Waals surface area contributed by atoms with Crippen LogP contribution in [0.4, 0.5) is 11.6 Å². The van der Waals surface area contributed by atoms with Gasteiger partial charge in [-0.2, -0.15) is 5.10 Å². The summed E-state index contributed by atoms with van der Waals surface area (Å²) in [5, 5.41) is 11.9. The molecule has 3 N–H and O–H groups in total. The number of aromatic nitrogens is 5. The second kappa shape index (κ2) is 8.07. The van der Waals surface area contributed by atoms with E-state index in [0.717, 1.165) is 11.1 Å². The van der Waals surface area contributed by atoms with Gasteiger partial charge in [0, 0.05) is 23.1 Å². The van der Waals surface area contributed by atoms with Crippen molar-refractivity contribution in [3.8, 4) is 11.3 Å². The van der Waals surface area contributed by atoms with Crippen molar-refractivity contribution in [1.82, 2.24) is 24.9 Å². The minimum absolute atomic E-state index is 0.179. The minimum Gasteiger partial charge on any atom is -0.383 e. The summed E-state index contributed by atoms with van der Waals surface area (Å²) in [7, 11) is 0. The number of rotatable bonds is 5. The van der Waals surface area contributed by atoms with E-state index in [2.05, 4.69) is 25.5 Å². The lowest BCUT2D eigenvalue weighted by atomic mass is 9.93. The Morgan fingerprint density at radius 2 is 1.97 bits per heavy atom. The first-order valence-electron chi connectivity index (χ1n) is 10.8. The zero-order valence-electron chi connectivity index (χ0n) is 19.8. The monoisotopic (exact) mass is 434 g/mol. The number of carbonyl (C=O) groups is 1. The molecule has 0 spiro atoms. The average molecular weight is 435 g/mol. The largest absolute Gasteiger partial charge is 0.383 e. The summed E-state index contributed by atoms with van der Waals surface area (Å²) >= 11 is 0. The Bertz CT molecular complexity index is 1310. The van der Waals surface area contributed by atoms with E-state index in [9.17, 15) is 4.79 Å². The van der Waals surface area contributed by atoms with Crippen LogP contribution in [0.1, 0.15) is 53.3 Å². The van der Waals surface area contributed by atoms with Crippen LogP contribution in [0.15, 0.2) is 41.2 Å². The molecule has 1 aromatic carbocycles. The zero-order chi connectivity index (χ0) is 24.0. The van der Waals surface area contributed by atoms with Crippen LogP contribution in [0.5, 0.6) is 0 Å². The summed E-state index contributed by atoms with van der Waals surface area (Å²) in [5.41, 5.74) is 8.64. The molecule has 3 aromatic heterocycles. The van der Waals surface area contributed by atoms with E-state index in [4.69, 9.17) is 11.6 Å². The third kappa shape index (κ3) is 4.18. The lowest BCUT2D eigenvalue weighted by Crippen LogP contribution is -2.14. The van der Waals surface area contributed by atoms with Crippen LogP contribution in [0.25, 0.3) is 22.3 Å². The SMILES string of the molecule is [2H]C(C)(C)n1nc(-c2ccc(CC(=O)Nc3cc(C(C)(C)C)on3)cc2)c2c(N)ncnc21. The average Bonchev–Trinajstić information content (AvgIpc) is 3.34. The van der Waals surface area contributed by atoms with E-state index in [1.54, 1.807) is 19.9 Å². The van der Waals surface area contributed by atoms with Crippen molar-refractivity contribution in [3.63, 3.8) is 0 Å². The maximum Gasteiger partial charge on any atom is 0.230 e. The minimum atomic E-state index is -1.02. The maximum absolute atomic E-state index is 12.5. The van der Waals surface area contributed by atoms with E-state index >= 15 is 0 Å². The van der Waals surface area contributed by atoms with Gasteiger partial charge in [0.25, 0.3) is 0 Å². The van der Waals surface area contributed by atoms with Gasteiger partial charge in [-0.1, -0.05) is 50.2 Å². The highest BCUT2D eigenvalue weighted by Gasteiger charge is 2.21. The van der Waals surface area contributed by atoms with E-state index < -0.39 is 6.02 Å². The maximum atomic E-state index is 12.5. The fourth-order valence-corrected chi connectivity index (χ4v) is 3.33. The van der Waals surface area contributed by atoms with Gasteiger partial charge in [0.15, 0.2) is 11.5 Å². The summed E-state index contributed by atoms with van der Waals surface area (Å²) < 4.78 is 15.2. The first-order valence-corrected chi connectivity index (χ1v) is 10.3. The van der Waals surface area contributed by atoms with Crippen LogP contribution in [-0.4, -0.2) is 30.8 Å². The smallest absolute Gasteiger partial charge is 0.230 e. The van der Waals surface area contributed by atoms with Gasteiger partial charge in [-0.05, 0) is 19.4 Å². The number of fused-ring (bicyclic) bond motifs is 1. The summed E-state index contributed by atoms with van der Waals surface area (Å²) in [5.74, 6) is 1.20. The van der Waals surface area contributed by atoms with Crippen LogP contribution in [0.2, 0.25) is 0 Å². The second-order valence-corrected chi connectivity index (χ2v) is 8.91. The Kier molecular flexibility index (Phi) is 5.08. The number of hydrogen-bond donors (Lipinski definition) is 2. The van der Waals surface area contributed by atoms with Crippen LogP contribution >= 0.6 is 0 Å². The molecule has 0 aliphatic heterocycles. The Hall–Kier alpha value is -3.75. The van der Waals surface area contributed by atoms with Crippen molar-refractivity contribution in [1.29, 1.82) is 0 Å². The highest BCUT2D eigenvalue weighted by molar-refractivity contribution is 5.98. The quantitative estimate of drug-likeness (QED) is 0.484.